The molecule has 2 aliphatic rings. The molecular formula is C17H36N2O. The van der Waals surface area contributed by atoms with Crippen LogP contribution >= 0.6 is 0 Å². The van der Waals surface area contributed by atoms with Crippen LogP contribution in [0.5, 0.6) is 0 Å². The predicted molar refractivity (Wildman–Crippen MR) is 87.2 cm³/mol. The lowest BCUT2D eigenvalue weighted by Crippen LogP contribution is -2.38. The third kappa shape index (κ3) is 8.93. The molecule has 0 aromatic rings. The molecule has 3 heteroatoms. The van der Waals surface area contributed by atoms with E-state index in [1.807, 2.05) is 0 Å². The topological polar surface area (TPSA) is 15.7 Å². The molecule has 2 saturated heterocycles. The van der Waals surface area contributed by atoms with Gasteiger partial charge in [-0.15, -0.1) is 0 Å². The van der Waals surface area contributed by atoms with Crippen molar-refractivity contribution in [1.29, 1.82) is 0 Å². The number of nitrogens with zero attached hydrogens (tertiary/aromatic N) is 2. The molecule has 3 nitrogen and oxygen atoms in total. The van der Waals surface area contributed by atoms with Crippen LogP contribution in [0.4, 0.5) is 0 Å². The van der Waals surface area contributed by atoms with Gasteiger partial charge in [-0.25, -0.2) is 0 Å². The minimum Gasteiger partial charge on any atom is -0.379 e. The largest absolute Gasteiger partial charge is 0.379 e. The van der Waals surface area contributed by atoms with Crippen molar-refractivity contribution in [2.75, 3.05) is 52.5 Å². The summed E-state index contributed by atoms with van der Waals surface area (Å²) in [7, 11) is 0. The Balaban J connectivity index is 0.000000200. The van der Waals surface area contributed by atoms with Gasteiger partial charge in [0.25, 0.3) is 0 Å². The average Bonchev–Trinajstić information content (AvgIpc) is 2.40. The van der Waals surface area contributed by atoms with Gasteiger partial charge < -0.3 is 9.64 Å². The lowest BCUT2D eigenvalue weighted by atomic mass is 10.1. The van der Waals surface area contributed by atoms with Crippen LogP contribution in [0, 0.1) is 11.8 Å². The SMILES string of the molecule is CC(C)CN1CCCCC1.CC(C)CN1CCOCC1. The smallest absolute Gasteiger partial charge is 0.0594 e. The molecular weight excluding hydrogens is 248 g/mol. The molecule has 0 N–H and O–H groups in total. The number of morpholine rings is 1. The minimum atomic E-state index is 0.790. The van der Waals surface area contributed by atoms with Crippen molar-refractivity contribution in [3.63, 3.8) is 0 Å². The molecule has 0 aliphatic carbocycles. The summed E-state index contributed by atoms with van der Waals surface area (Å²) in [6.45, 7) is 18.4. The number of likely N-dealkylation sites (tertiary alicyclic amines) is 1. The molecule has 0 saturated carbocycles. The molecule has 120 valence electrons. The molecule has 2 heterocycles. The van der Waals surface area contributed by atoms with Crippen molar-refractivity contribution in [3.8, 4) is 0 Å². The zero-order valence-electron chi connectivity index (χ0n) is 14.2. The maximum absolute atomic E-state index is 5.24. The number of piperidine rings is 1. The Labute approximate surface area is 126 Å². The summed E-state index contributed by atoms with van der Waals surface area (Å²) < 4.78 is 5.24. The minimum absolute atomic E-state index is 0.790. The molecule has 20 heavy (non-hydrogen) atoms. The predicted octanol–water partition coefficient (Wildman–Crippen LogP) is 3.10. The Morgan fingerprint density at radius 3 is 1.60 bits per heavy atom. The molecule has 0 spiro atoms. The van der Waals surface area contributed by atoms with E-state index in [4.69, 9.17) is 4.74 Å². The van der Waals surface area contributed by atoms with E-state index in [1.165, 1.54) is 45.4 Å². The lowest BCUT2D eigenvalue weighted by molar-refractivity contribution is 0.0329. The summed E-state index contributed by atoms with van der Waals surface area (Å²) in [4.78, 5) is 5.06. The van der Waals surface area contributed by atoms with Crippen LogP contribution in [0.25, 0.3) is 0 Å². The van der Waals surface area contributed by atoms with E-state index in [9.17, 15) is 0 Å². The van der Waals surface area contributed by atoms with Crippen molar-refractivity contribution < 1.29 is 4.74 Å². The van der Waals surface area contributed by atoms with Crippen LogP contribution in [-0.2, 0) is 4.74 Å². The highest BCUT2D eigenvalue weighted by Crippen LogP contribution is 2.10. The van der Waals surface area contributed by atoms with Crippen LogP contribution in [0.15, 0.2) is 0 Å². The summed E-state index contributed by atoms with van der Waals surface area (Å²) in [5.41, 5.74) is 0. The van der Waals surface area contributed by atoms with Crippen molar-refractivity contribution in [3.05, 3.63) is 0 Å². The second-order valence-electron chi connectivity index (χ2n) is 7.06. The van der Waals surface area contributed by atoms with E-state index in [1.54, 1.807) is 0 Å². The fourth-order valence-corrected chi connectivity index (χ4v) is 2.96. The van der Waals surface area contributed by atoms with E-state index in [-0.39, 0.29) is 0 Å². The van der Waals surface area contributed by atoms with E-state index in [0.29, 0.717) is 0 Å². The van der Waals surface area contributed by atoms with Gasteiger partial charge in [0.05, 0.1) is 13.2 Å². The number of hydrogen-bond acceptors (Lipinski definition) is 3. The lowest BCUT2D eigenvalue weighted by Gasteiger charge is -2.27. The molecule has 0 radical (unpaired) electrons. The quantitative estimate of drug-likeness (QED) is 0.789. The molecule has 0 amide bonds. The van der Waals surface area contributed by atoms with Gasteiger partial charge in [0.1, 0.15) is 0 Å². The van der Waals surface area contributed by atoms with Gasteiger partial charge in [0, 0.05) is 26.2 Å². The third-order valence-electron chi connectivity index (χ3n) is 3.80. The summed E-state index contributed by atoms with van der Waals surface area (Å²) in [5.74, 6) is 1.64. The second kappa shape index (κ2) is 10.6. The van der Waals surface area contributed by atoms with Crippen molar-refractivity contribution in [2.45, 2.75) is 47.0 Å². The summed E-state index contributed by atoms with van der Waals surface area (Å²) in [6, 6.07) is 0. The van der Waals surface area contributed by atoms with E-state index >= 15 is 0 Å². The Morgan fingerprint density at radius 1 is 0.700 bits per heavy atom. The van der Waals surface area contributed by atoms with Crippen LogP contribution in [-0.4, -0.2) is 62.3 Å². The zero-order valence-corrected chi connectivity index (χ0v) is 14.2. The van der Waals surface area contributed by atoms with Crippen molar-refractivity contribution >= 4 is 0 Å². The van der Waals surface area contributed by atoms with E-state index < -0.39 is 0 Å². The van der Waals surface area contributed by atoms with Gasteiger partial charge >= 0.3 is 0 Å². The molecule has 0 bridgehead atoms. The van der Waals surface area contributed by atoms with Gasteiger partial charge in [-0.05, 0) is 37.8 Å². The number of hydrogen-bond donors (Lipinski definition) is 0. The summed E-state index contributed by atoms with van der Waals surface area (Å²) in [5, 5.41) is 0. The summed E-state index contributed by atoms with van der Waals surface area (Å²) >= 11 is 0. The van der Waals surface area contributed by atoms with E-state index in [0.717, 1.165) is 38.1 Å². The number of rotatable bonds is 4. The Kier molecular flexibility index (Phi) is 9.49. The van der Waals surface area contributed by atoms with E-state index in [2.05, 4.69) is 37.5 Å². The monoisotopic (exact) mass is 284 g/mol. The first kappa shape index (κ1) is 17.9. The highest BCUT2D eigenvalue weighted by Gasteiger charge is 2.11. The maximum atomic E-state index is 5.24. The fourth-order valence-electron chi connectivity index (χ4n) is 2.96. The number of ether oxygens (including phenoxy) is 1. The highest BCUT2D eigenvalue weighted by molar-refractivity contribution is 4.65. The standard InChI is InChI=1S/C9H19N.C8H17NO/c1-9(2)8-10-6-4-3-5-7-10;1-8(2)7-9-3-5-10-6-4-9/h9H,3-8H2,1-2H3;8H,3-7H2,1-2H3. The molecule has 0 unspecified atom stereocenters. The molecule has 0 aromatic heterocycles. The van der Waals surface area contributed by atoms with Crippen LogP contribution in [0.3, 0.4) is 0 Å². The van der Waals surface area contributed by atoms with Crippen LogP contribution < -0.4 is 0 Å². The normalized spacial score (nSPS) is 21.9. The first-order valence-electron chi connectivity index (χ1n) is 8.60. The van der Waals surface area contributed by atoms with Crippen molar-refractivity contribution in [1.82, 2.24) is 9.80 Å². The molecule has 0 aromatic carbocycles. The molecule has 2 aliphatic heterocycles. The van der Waals surface area contributed by atoms with Gasteiger partial charge in [-0.2, -0.15) is 0 Å². The van der Waals surface area contributed by atoms with Crippen LogP contribution in [0.1, 0.15) is 47.0 Å². The van der Waals surface area contributed by atoms with Gasteiger partial charge in [-0.3, -0.25) is 4.90 Å². The summed E-state index contributed by atoms with van der Waals surface area (Å²) in [6.07, 6.45) is 4.30. The first-order valence-corrected chi connectivity index (χ1v) is 8.60. The van der Waals surface area contributed by atoms with Gasteiger partial charge in [-0.1, -0.05) is 34.1 Å². The third-order valence-corrected chi connectivity index (χ3v) is 3.80. The Bertz CT molecular complexity index is 195. The second-order valence-corrected chi connectivity index (χ2v) is 7.06. The van der Waals surface area contributed by atoms with Gasteiger partial charge in [0.15, 0.2) is 0 Å². The molecule has 2 fully saturated rings. The molecule has 2 rings (SSSR count). The average molecular weight is 284 g/mol. The zero-order chi connectivity index (χ0) is 14.8. The Morgan fingerprint density at radius 2 is 1.15 bits per heavy atom. The first-order chi connectivity index (χ1) is 9.58. The fraction of sp³-hybridized carbons (Fsp3) is 1.00. The van der Waals surface area contributed by atoms with Gasteiger partial charge in [0.2, 0.25) is 0 Å². The molecule has 0 atom stereocenters. The Hall–Kier alpha value is -0.120. The van der Waals surface area contributed by atoms with Crippen LogP contribution in [0.2, 0.25) is 0 Å². The highest BCUT2D eigenvalue weighted by atomic mass is 16.5. The maximum Gasteiger partial charge on any atom is 0.0594 e. The van der Waals surface area contributed by atoms with Crippen molar-refractivity contribution in [2.24, 2.45) is 11.8 Å².